The molecule has 0 radical (unpaired) electrons. The first kappa shape index (κ1) is 14.9. The number of hydrogen-bond donors (Lipinski definition) is 2. The lowest BCUT2D eigenvalue weighted by Gasteiger charge is -2.06. The van der Waals surface area contributed by atoms with Crippen LogP contribution in [0.25, 0.3) is 0 Å². The summed E-state index contributed by atoms with van der Waals surface area (Å²) < 4.78 is 13.7. The zero-order valence-electron chi connectivity index (χ0n) is 10.5. The van der Waals surface area contributed by atoms with Crippen molar-refractivity contribution < 1.29 is 19.1 Å². The predicted octanol–water partition coefficient (Wildman–Crippen LogP) is 2.78. The predicted molar refractivity (Wildman–Crippen MR) is 73.1 cm³/mol. The van der Waals surface area contributed by atoms with Gasteiger partial charge in [-0.05, 0) is 35.9 Å². The third-order valence-corrected chi connectivity index (χ3v) is 2.73. The highest BCUT2D eigenvalue weighted by Gasteiger charge is 2.15. The van der Waals surface area contributed by atoms with E-state index in [2.05, 4.69) is 15.3 Å². The number of halogens is 2. The molecule has 0 spiro atoms. The number of carboxylic acid groups (broad SMARTS) is 1. The van der Waals surface area contributed by atoms with Gasteiger partial charge in [0.2, 0.25) is 5.28 Å². The molecule has 0 saturated carbocycles. The number of benzene rings is 1. The standard InChI is InChI=1S/C13H9ClFN3O3/c14-12-16-4-3-8(17-12)6-11(19)9-5-7(18-13(20)21)1-2-10(9)15/h1-5,18H,6H2,(H,20,21). The first-order chi connectivity index (χ1) is 9.95. The van der Waals surface area contributed by atoms with Crippen LogP contribution in [0.15, 0.2) is 30.5 Å². The molecular weight excluding hydrogens is 301 g/mol. The third kappa shape index (κ3) is 3.96. The van der Waals surface area contributed by atoms with Crippen molar-refractivity contribution in [3.63, 3.8) is 0 Å². The second kappa shape index (κ2) is 6.27. The summed E-state index contributed by atoms with van der Waals surface area (Å²) in [6.07, 6.45) is -0.0885. The fraction of sp³-hybridized carbons (Fsp3) is 0.0769. The topological polar surface area (TPSA) is 92.2 Å². The van der Waals surface area contributed by atoms with Gasteiger partial charge >= 0.3 is 6.09 Å². The third-order valence-electron chi connectivity index (χ3n) is 2.54. The number of carbonyl (C=O) groups is 2. The molecule has 108 valence electrons. The zero-order chi connectivity index (χ0) is 15.4. The van der Waals surface area contributed by atoms with Crippen molar-refractivity contribution in [1.29, 1.82) is 0 Å². The van der Waals surface area contributed by atoms with E-state index >= 15 is 0 Å². The minimum atomic E-state index is -1.30. The van der Waals surface area contributed by atoms with E-state index in [1.54, 1.807) is 0 Å². The molecule has 1 amide bonds. The van der Waals surface area contributed by atoms with Gasteiger partial charge in [-0.2, -0.15) is 0 Å². The monoisotopic (exact) mass is 309 g/mol. The summed E-state index contributed by atoms with van der Waals surface area (Å²) in [4.78, 5) is 30.1. The molecule has 1 heterocycles. The minimum absolute atomic E-state index is 0.0120. The lowest BCUT2D eigenvalue weighted by atomic mass is 10.1. The summed E-state index contributed by atoms with van der Waals surface area (Å²) in [6.45, 7) is 0. The van der Waals surface area contributed by atoms with Gasteiger partial charge in [0, 0.05) is 11.9 Å². The molecule has 0 unspecified atom stereocenters. The van der Waals surface area contributed by atoms with E-state index in [0.717, 1.165) is 12.1 Å². The number of hydrogen-bond acceptors (Lipinski definition) is 4. The number of nitrogens with one attached hydrogen (secondary N) is 1. The maximum Gasteiger partial charge on any atom is 0.409 e. The summed E-state index contributed by atoms with van der Waals surface area (Å²) in [5.74, 6) is -1.28. The second-order valence-corrected chi connectivity index (χ2v) is 4.38. The molecule has 2 rings (SSSR count). The maximum atomic E-state index is 13.7. The number of ketones is 1. The molecule has 0 saturated heterocycles. The molecule has 2 aromatic rings. The molecule has 8 heteroatoms. The van der Waals surface area contributed by atoms with Crippen LogP contribution in [0, 0.1) is 5.82 Å². The fourth-order valence-electron chi connectivity index (χ4n) is 1.67. The first-order valence-electron chi connectivity index (χ1n) is 5.76. The number of anilines is 1. The minimum Gasteiger partial charge on any atom is -0.465 e. The summed E-state index contributed by atoms with van der Waals surface area (Å²) >= 11 is 5.61. The SMILES string of the molecule is O=C(O)Nc1ccc(F)c(C(=O)Cc2ccnc(Cl)n2)c1. The molecule has 2 N–H and O–H groups in total. The lowest BCUT2D eigenvalue weighted by Crippen LogP contribution is -2.11. The van der Waals surface area contributed by atoms with Crippen LogP contribution >= 0.6 is 11.6 Å². The van der Waals surface area contributed by atoms with Gasteiger partial charge in [-0.3, -0.25) is 10.1 Å². The number of amides is 1. The highest BCUT2D eigenvalue weighted by atomic mass is 35.5. The van der Waals surface area contributed by atoms with Gasteiger partial charge < -0.3 is 5.11 Å². The van der Waals surface area contributed by atoms with Crippen molar-refractivity contribution in [3.8, 4) is 0 Å². The molecule has 0 fully saturated rings. The Balaban J connectivity index is 2.24. The Morgan fingerprint density at radius 1 is 1.33 bits per heavy atom. The first-order valence-corrected chi connectivity index (χ1v) is 6.13. The molecule has 21 heavy (non-hydrogen) atoms. The Labute approximate surface area is 123 Å². The Kier molecular flexibility index (Phi) is 4.44. The van der Waals surface area contributed by atoms with Gasteiger partial charge in [-0.15, -0.1) is 0 Å². The van der Waals surface area contributed by atoms with Gasteiger partial charge in [0.1, 0.15) is 5.82 Å². The molecule has 6 nitrogen and oxygen atoms in total. The van der Waals surface area contributed by atoms with Gasteiger partial charge in [0.15, 0.2) is 5.78 Å². The van der Waals surface area contributed by atoms with Crippen molar-refractivity contribution in [2.75, 3.05) is 5.32 Å². The molecule has 1 aromatic heterocycles. The zero-order valence-corrected chi connectivity index (χ0v) is 11.3. The van der Waals surface area contributed by atoms with Crippen molar-refractivity contribution in [2.45, 2.75) is 6.42 Å². The van der Waals surface area contributed by atoms with E-state index in [1.165, 1.54) is 18.3 Å². The number of nitrogens with zero attached hydrogens (tertiary/aromatic N) is 2. The average molecular weight is 310 g/mol. The van der Waals surface area contributed by atoms with Gasteiger partial charge in [-0.25, -0.2) is 19.2 Å². The summed E-state index contributed by atoms with van der Waals surface area (Å²) in [7, 11) is 0. The maximum absolute atomic E-state index is 13.7. The number of Topliss-reactive ketones (excluding diaryl/α,β-unsaturated/α-hetero) is 1. The van der Waals surface area contributed by atoms with Crippen LogP contribution < -0.4 is 5.32 Å². The number of aromatic nitrogens is 2. The van der Waals surface area contributed by atoms with E-state index in [1.807, 2.05) is 0 Å². The van der Waals surface area contributed by atoms with E-state index in [-0.39, 0.29) is 23.0 Å². The second-order valence-electron chi connectivity index (χ2n) is 4.04. The van der Waals surface area contributed by atoms with Crippen molar-refractivity contribution in [3.05, 3.63) is 52.8 Å². The Morgan fingerprint density at radius 2 is 2.10 bits per heavy atom. The highest BCUT2D eigenvalue weighted by molar-refractivity contribution is 6.28. The van der Waals surface area contributed by atoms with E-state index in [4.69, 9.17) is 16.7 Å². The van der Waals surface area contributed by atoms with Crippen LogP contribution in [0.3, 0.4) is 0 Å². The van der Waals surface area contributed by atoms with Gasteiger partial charge in [0.25, 0.3) is 0 Å². The van der Waals surface area contributed by atoms with Crippen LogP contribution in [-0.2, 0) is 6.42 Å². The number of carbonyl (C=O) groups excluding carboxylic acids is 1. The molecular formula is C13H9ClFN3O3. The van der Waals surface area contributed by atoms with Crippen molar-refractivity contribution in [2.24, 2.45) is 0 Å². The highest BCUT2D eigenvalue weighted by Crippen LogP contribution is 2.17. The average Bonchev–Trinajstić information content (AvgIpc) is 2.40. The van der Waals surface area contributed by atoms with Crippen molar-refractivity contribution in [1.82, 2.24) is 9.97 Å². The number of rotatable bonds is 4. The van der Waals surface area contributed by atoms with E-state index < -0.39 is 17.7 Å². The molecule has 0 aliphatic carbocycles. The quantitative estimate of drug-likeness (QED) is 0.669. The molecule has 0 aliphatic heterocycles. The van der Waals surface area contributed by atoms with Crippen LogP contribution in [0.1, 0.15) is 16.1 Å². The van der Waals surface area contributed by atoms with Crippen LogP contribution in [0.2, 0.25) is 5.28 Å². The Bertz CT molecular complexity index is 709. The van der Waals surface area contributed by atoms with Crippen molar-refractivity contribution >= 4 is 29.2 Å². The summed E-state index contributed by atoms with van der Waals surface area (Å²) in [5.41, 5.74) is 0.222. The Hall–Kier alpha value is -2.54. The molecule has 0 bridgehead atoms. The van der Waals surface area contributed by atoms with Crippen LogP contribution in [0.4, 0.5) is 14.9 Å². The molecule has 0 aliphatic rings. The van der Waals surface area contributed by atoms with Gasteiger partial charge in [-0.1, -0.05) is 0 Å². The summed E-state index contributed by atoms with van der Waals surface area (Å²) in [5, 5.41) is 10.6. The largest absolute Gasteiger partial charge is 0.465 e. The molecule has 0 atom stereocenters. The molecule has 1 aromatic carbocycles. The smallest absolute Gasteiger partial charge is 0.409 e. The van der Waals surface area contributed by atoms with E-state index in [0.29, 0.717) is 5.69 Å². The van der Waals surface area contributed by atoms with Gasteiger partial charge in [0.05, 0.1) is 17.7 Å². The summed E-state index contributed by atoms with van der Waals surface area (Å²) in [6, 6.07) is 4.86. The fourth-order valence-corrected chi connectivity index (χ4v) is 1.83. The normalized spacial score (nSPS) is 10.2. The van der Waals surface area contributed by atoms with Crippen LogP contribution in [0.5, 0.6) is 0 Å². The Morgan fingerprint density at radius 3 is 2.76 bits per heavy atom. The van der Waals surface area contributed by atoms with E-state index in [9.17, 15) is 14.0 Å². The van der Waals surface area contributed by atoms with Crippen LogP contribution in [-0.4, -0.2) is 27.0 Å². The lowest BCUT2D eigenvalue weighted by molar-refractivity contribution is 0.0988.